The fraction of sp³-hybridized carbons (Fsp3) is 0.100. The van der Waals surface area contributed by atoms with Crippen LogP contribution in [-0.4, -0.2) is 16.4 Å². The molecule has 0 radical (unpaired) electrons. The van der Waals surface area contributed by atoms with Crippen molar-refractivity contribution in [2.75, 3.05) is 0 Å². The van der Waals surface area contributed by atoms with Gasteiger partial charge in [-0.1, -0.05) is 29.4 Å². The van der Waals surface area contributed by atoms with Crippen LogP contribution < -0.4 is 0 Å². The summed E-state index contributed by atoms with van der Waals surface area (Å²) in [6.45, 7) is 1.95. The van der Waals surface area contributed by atoms with E-state index in [1.165, 1.54) is 0 Å². The maximum atomic E-state index is 10.3. The number of hydrogen-bond acceptors (Lipinski definition) is 4. The molecule has 4 nitrogen and oxygen atoms in total. The van der Waals surface area contributed by atoms with E-state index < -0.39 is 0 Å². The molecular formula is C10H8N2O2. The van der Waals surface area contributed by atoms with Crippen LogP contribution in [0.15, 0.2) is 28.8 Å². The molecule has 0 spiro atoms. The van der Waals surface area contributed by atoms with Crippen LogP contribution in [0.3, 0.4) is 0 Å². The van der Waals surface area contributed by atoms with Crippen molar-refractivity contribution in [2.45, 2.75) is 6.92 Å². The molecular weight excluding hydrogens is 180 g/mol. The Morgan fingerprint density at radius 3 is 2.79 bits per heavy atom. The number of carbonyl (C=O) groups excluding carboxylic acids is 1. The number of hydrogen-bond donors (Lipinski definition) is 0. The summed E-state index contributed by atoms with van der Waals surface area (Å²) in [4.78, 5) is 14.3. The normalized spacial score (nSPS) is 10.1. The number of benzene rings is 1. The van der Waals surface area contributed by atoms with Crippen LogP contribution in [0.1, 0.15) is 16.2 Å². The molecule has 0 amide bonds. The monoisotopic (exact) mass is 188 g/mol. The summed E-state index contributed by atoms with van der Waals surface area (Å²) >= 11 is 0. The van der Waals surface area contributed by atoms with Gasteiger partial charge in [-0.15, -0.1) is 0 Å². The summed E-state index contributed by atoms with van der Waals surface area (Å²) in [7, 11) is 0. The van der Waals surface area contributed by atoms with E-state index in [9.17, 15) is 4.79 Å². The van der Waals surface area contributed by atoms with Crippen molar-refractivity contribution in [3.05, 3.63) is 35.7 Å². The lowest BCUT2D eigenvalue weighted by Gasteiger charge is -1.97. The largest absolute Gasteiger partial charge is 0.331 e. The van der Waals surface area contributed by atoms with Gasteiger partial charge in [0.15, 0.2) is 0 Å². The average Bonchev–Trinajstić information content (AvgIpc) is 2.67. The Labute approximate surface area is 80.6 Å². The Kier molecular flexibility index (Phi) is 2.10. The zero-order valence-corrected chi connectivity index (χ0v) is 7.60. The van der Waals surface area contributed by atoms with E-state index in [4.69, 9.17) is 4.52 Å². The Balaban J connectivity index is 2.49. The van der Waals surface area contributed by atoms with Gasteiger partial charge in [-0.3, -0.25) is 4.79 Å². The minimum atomic E-state index is 0.00301. The van der Waals surface area contributed by atoms with Gasteiger partial charge in [0, 0.05) is 5.56 Å². The van der Waals surface area contributed by atoms with Crippen LogP contribution in [0, 0.1) is 6.92 Å². The van der Waals surface area contributed by atoms with Crippen molar-refractivity contribution in [3.8, 4) is 11.4 Å². The highest BCUT2D eigenvalue weighted by atomic mass is 16.5. The van der Waals surface area contributed by atoms with Gasteiger partial charge in [0.25, 0.3) is 5.89 Å². The number of carbonyl (C=O) groups is 1. The van der Waals surface area contributed by atoms with Gasteiger partial charge in [0.05, 0.1) is 0 Å². The Hall–Kier alpha value is -1.97. The van der Waals surface area contributed by atoms with Crippen LogP contribution in [0.5, 0.6) is 0 Å². The molecule has 0 aliphatic rings. The SMILES string of the molecule is Cc1ccccc1-c1noc(C=O)n1. The zero-order chi connectivity index (χ0) is 9.97. The van der Waals surface area contributed by atoms with E-state index >= 15 is 0 Å². The lowest BCUT2D eigenvalue weighted by Crippen LogP contribution is -1.85. The van der Waals surface area contributed by atoms with Crippen LogP contribution in [-0.2, 0) is 0 Å². The third-order valence-corrected chi connectivity index (χ3v) is 1.93. The summed E-state index contributed by atoms with van der Waals surface area (Å²) in [6, 6.07) is 7.65. The third kappa shape index (κ3) is 1.42. The topological polar surface area (TPSA) is 56.0 Å². The zero-order valence-electron chi connectivity index (χ0n) is 7.60. The van der Waals surface area contributed by atoms with Crippen LogP contribution >= 0.6 is 0 Å². The van der Waals surface area contributed by atoms with Crippen molar-refractivity contribution in [1.82, 2.24) is 10.1 Å². The Morgan fingerprint density at radius 1 is 1.36 bits per heavy atom. The van der Waals surface area contributed by atoms with Gasteiger partial charge in [-0.05, 0) is 12.5 Å². The molecule has 1 aromatic heterocycles. The molecule has 0 unspecified atom stereocenters. The molecule has 1 heterocycles. The van der Waals surface area contributed by atoms with E-state index in [-0.39, 0.29) is 5.89 Å². The Morgan fingerprint density at radius 2 is 2.14 bits per heavy atom. The molecule has 14 heavy (non-hydrogen) atoms. The summed E-state index contributed by atoms with van der Waals surface area (Å²) in [5, 5.41) is 3.70. The van der Waals surface area contributed by atoms with Gasteiger partial charge in [-0.2, -0.15) is 4.98 Å². The molecule has 0 bridgehead atoms. The van der Waals surface area contributed by atoms with Gasteiger partial charge >= 0.3 is 0 Å². The second-order valence-corrected chi connectivity index (χ2v) is 2.89. The molecule has 0 aliphatic heterocycles. The first-order valence-corrected chi connectivity index (χ1v) is 4.16. The molecule has 0 N–H and O–H groups in total. The van der Waals surface area contributed by atoms with Crippen molar-refractivity contribution in [3.63, 3.8) is 0 Å². The minimum absolute atomic E-state index is 0.00301. The van der Waals surface area contributed by atoms with E-state index in [1.807, 2.05) is 31.2 Å². The third-order valence-electron chi connectivity index (χ3n) is 1.93. The summed E-state index contributed by atoms with van der Waals surface area (Å²) < 4.78 is 4.69. The molecule has 0 saturated carbocycles. The lowest BCUT2D eigenvalue weighted by atomic mass is 10.1. The fourth-order valence-electron chi connectivity index (χ4n) is 1.22. The van der Waals surface area contributed by atoms with Crippen LogP contribution in [0.4, 0.5) is 0 Å². The first-order chi connectivity index (χ1) is 6.81. The van der Waals surface area contributed by atoms with Gasteiger partial charge < -0.3 is 4.52 Å². The van der Waals surface area contributed by atoms with E-state index in [0.29, 0.717) is 12.1 Å². The highest BCUT2D eigenvalue weighted by Gasteiger charge is 2.08. The number of aldehydes is 1. The maximum Gasteiger partial charge on any atom is 0.291 e. The van der Waals surface area contributed by atoms with Crippen molar-refractivity contribution >= 4 is 6.29 Å². The molecule has 2 aromatic rings. The summed E-state index contributed by atoms with van der Waals surface area (Å²) in [6.07, 6.45) is 0.536. The molecule has 70 valence electrons. The number of rotatable bonds is 2. The predicted octanol–water partition coefficient (Wildman–Crippen LogP) is 1.86. The van der Waals surface area contributed by atoms with Gasteiger partial charge in [0.2, 0.25) is 12.1 Å². The lowest BCUT2D eigenvalue weighted by molar-refractivity contribution is 0.108. The van der Waals surface area contributed by atoms with Gasteiger partial charge in [-0.25, -0.2) is 0 Å². The van der Waals surface area contributed by atoms with Crippen LogP contribution in [0.2, 0.25) is 0 Å². The molecule has 0 atom stereocenters. The second-order valence-electron chi connectivity index (χ2n) is 2.89. The van der Waals surface area contributed by atoms with E-state index in [1.54, 1.807) is 0 Å². The number of aromatic nitrogens is 2. The fourth-order valence-corrected chi connectivity index (χ4v) is 1.22. The van der Waals surface area contributed by atoms with Crippen molar-refractivity contribution in [2.24, 2.45) is 0 Å². The molecule has 0 aliphatic carbocycles. The number of nitrogens with zero attached hydrogens (tertiary/aromatic N) is 2. The van der Waals surface area contributed by atoms with Gasteiger partial charge in [0.1, 0.15) is 0 Å². The summed E-state index contributed by atoms with van der Waals surface area (Å²) in [5.41, 5.74) is 1.93. The smallest absolute Gasteiger partial charge is 0.291 e. The average molecular weight is 188 g/mol. The van der Waals surface area contributed by atoms with E-state index in [2.05, 4.69) is 10.1 Å². The molecule has 2 rings (SSSR count). The molecule has 1 aromatic carbocycles. The quantitative estimate of drug-likeness (QED) is 0.675. The second kappa shape index (κ2) is 3.41. The summed E-state index contributed by atoms with van der Waals surface area (Å²) in [5.74, 6) is 0.452. The van der Waals surface area contributed by atoms with E-state index in [0.717, 1.165) is 11.1 Å². The predicted molar refractivity (Wildman–Crippen MR) is 49.9 cm³/mol. The highest BCUT2D eigenvalue weighted by Crippen LogP contribution is 2.19. The standard InChI is InChI=1S/C10H8N2O2/c1-7-4-2-3-5-8(7)10-11-9(6-13)14-12-10/h2-6H,1H3. The van der Waals surface area contributed by atoms with Crippen molar-refractivity contribution < 1.29 is 9.32 Å². The first kappa shape index (κ1) is 8.62. The number of aryl methyl sites for hydroxylation is 1. The highest BCUT2D eigenvalue weighted by molar-refractivity contribution is 5.69. The van der Waals surface area contributed by atoms with Crippen LogP contribution in [0.25, 0.3) is 11.4 Å². The van der Waals surface area contributed by atoms with Crippen molar-refractivity contribution in [1.29, 1.82) is 0 Å². The first-order valence-electron chi connectivity index (χ1n) is 4.16. The minimum Gasteiger partial charge on any atom is -0.331 e. The molecule has 4 heteroatoms. The molecule has 0 saturated heterocycles. The maximum absolute atomic E-state index is 10.3. The Bertz CT molecular complexity index is 463. The molecule has 0 fully saturated rings.